The normalized spacial score (nSPS) is 13.1. The van der Waals surface area contributed by atoms with Gasteiger partial charge in [0, 0.05) is 12.6 Å². The number of nitrogens with one attached hydrogen (secondary N) is 1. The van der Waals surface area contributed by atoms with Crippen molar-refractivity contribution in [3.8, 4) is 5.75 Å². The van der Waals surface area contributed by atoms with Crippen LogP contribution in [-0.4, -0.2) is 54.1 Å². The summed E-state index contributed by atoms with van der Waals surface area (Å²) in [6.45, 7) is 4.67. The average Bonchev–Trinajstić information content (AvgIpc) is 2.87. The molecule has 0 saturated heterocycles. The molecule has 0 spiro atoms. The number of hydrogen-bond acceptors (Lipinski definition) is 9. The number of aliphatic hydroxyl groups excluding tert-OH is 1. The van der Waals surface area contributed by atoms with Crippen LogP contribution >= 0.6 is 7.37 Å². The van der Waals surface area contributed by atoms with E-state index in [4.69, 9.17) is 18.9 Å². The molecule has 0 heterocycles. The number of aliphatic hydroxyl groups is 1. The van der Waals surface area contributed by atoms with Gasteiger partial charge in [-0.05, 0) is 61.6 Å². The van der Waals surface area contributed by atoms with Crippen LogP contribution in [0.5, 0.6) is 5.75 Å². The number of carbonyl (C=O) groups excluding carboxylic acids is 3. The number of aryl methyl sites for hydroxylation is 2. The molecule has 0 aliphatic carbocycles. The third kappa shape index (κ3) is 10.2. The van der Waals surface area contributed by atoms with E-state index in [0.717, 1.165) is 5.56 Å². The first-order chi connectivity index (χ1) is 18.0. The number of alkyl carbamates (subject to hydrolysis) is 1. The molecule has 0 aliphatic heterocycles. The molecule has 0 saturated carbocycles. The van der Waals surface area contributed by atoms with E-state index in [2.05, 4.69) is 5.32 Å². The second kappa shape index (κ2) is 15.1. The number of carbonyl (C=O) groups is 3. The quantitative estimate of drug-likeness (QED) is 0.137. The van der Waals surface area contributed by atoms with E-state index in [1.165, 1.54) is 12.1 Å². The van der Waals surface area contributed by atoms with Crippen molar-refractivity contribution in [3.05, 3.63) is 64.7 Å². The summed E-state index contributed by atoms with van der Waals surface area (Å²) < 4.78 is 33.0. The Bertz CT molecular complexity index is 1120. The van der Waals surface area contributed by atoms with Gasteiger partial charge in [0.25, 0.3) is 0 Å². The summed E-state index contributed by atoms with van der Waals surface area (Å²) in [5.74, 6) is -2.46. The highest BCUT2D eigenvalue weighted by atomic mass is 31.2. The van der Waals surface area contributed by atoms with Crippen molar-refractivity contribution in [1.29, 1.82) is 0 Å². The highest BCUT2D eigenvalue weighted by Gasteiger charge is 2.31. The molecule has 208 valence electrons. The lowest BCUT2D eigenvalue weighted by atomic mass is 10.1. The first kappa shape index (κ1) is 30.8. The maximum absolute atomic E-state index is 12.8. The molecule has 2 aromatic rings. The zero-order valence-corrected chi connectivity index (χ0v) is 22.6. The van der Waals surface area contributed by atoms with Crippen molar-refractivity contribution >= 4 is 25.4 Å². The number of esters is 2. The molecule has 3 N–H and O–H groups in total. The van der Waals surface area contributed by atoms with Crippen LogP contribution in [0.25, 0.3) is 0 Å². The molecule has 38 heavy (non-hydrogen) atoms. The molecular weight excluding hydrogens is 517 g/mol. The maximum atomic E-state index is 12.8. The highest BCUT2D eigenvalue weighted by Crippen LogP contribution is 2.55. The van der Waals surface area contributed by atoms with E-state index < -0.39 is 38.0 Å². The Balaban J connectivity index is 1.77. The third-order valence-electron chi connectivity index (χ3n) is 5.32. The van der Waals surface area contributed by atoms with E-state index in [-0.39, 0.29) is 44.4 Å². The summed E-state index contributed by atoms with van der Waals surface area (Å²) in [6.07, 6.45) is -1.28. The van der Waals surface area contributed by atoms with Gasteiger partial charge >= 0.3 is 18.0 Å². The van der Waals surface area contributed by atoms with E-state index in [0.29, 0.717) is 16.9 Å². The van der Waals surface area contributed by atoms with Gasteiger partial charge in [0.15, 0.2) is 19.2 Å². The lowest BCUT2D eigenvalue weighted by Crippen LogP contribution is -2.28. The molecule has 0 fully saturated rings. The van der Waals surface area contributed by atoms with Gasteiger partial charge in [0.2, 0.25) is 7.37 Å². The highest BCUT2D eigenvalue weighted by molar-refractivity contribution is 7.58. The standard InChI is InChI=1S/C26H34NO10P/c1-4-34-23(29)16-35-24-18(2)13-21(14-19(24)3)25(30)38(32,33)12-8-11-22(28)37-17-27-26(31)36-15-20-9-6-5-7-10-20/h5-7,9-10,13-14,25,30H,4,8,11-12,15-17H2,1-3H3,(H,27,31)(H,32,33)/t25-/m0/s1. The van der Waals surface area contributed by atoms with E-state index in [1.807, 2.05) is 18.2 Å². The van der Waals surface area contributed by atoms with Crippen LogP contribution in [0.1, 0.15) is 47.9 Å². The topological polar surface area (TPSA) is 158 Å². The summed E-state index contributed by atoms with van der Waals surface area (Å²) in [5, 5.41) is 12.9. The van der Waals surface area contributed by atoms with Crippen LogP contribution in [0.3, 0.4) is 0 Å². The predicted molar refractivity (Wildman–Crippen MR) is 138 cm³/mol. The zero-order valence-electron chi connectivity index (χ0n) is 21.7. The Morgan fingerprint density at radius 3 is 2.29 bits per heavy atom. The summed E-state index contributed by atoms with van der Waals surface area (Å²) in [5.41, 5.74) is 2.16. The van der Waals surface area contributed by atoms with Crippen molar-refractivity contribution in [2.45, 2.75) is 46.1 Å². The molecule has 1 unspecified atom stereocenters. The summed E-state index contributed by atoms with van der Waals surface area (Å²) >= 11 is 0. The van der Waals surface area contributed by atoms with E-state index >= 15 is 0 Å². The van der Waals surface area contributed by atoms with Gasteiger partial charge in [-0.25, -0.2) is 9.59 Å². The van der Waals surface area contributed by atoms with Crippen LogP contribution in [-0.2, 0) is 35.0 Å². The largest absolute Gasteiger partial charge is 0.481 e. The van der Waals surface area contributed by atoms with Gasteiger partial charge in [0.05, 0.1) is 6.61 Å². The minimum atomic E-state index is -4.09. The minimum Gasteiger partial charge on any atom is -0.481 e. The number of benzene rings is 2. The van der Waals surface area contributed by atoms with Crippen molar-refractivity contribution in [3.63, 3.8) is 0 Å². The fourth-order valence-electron chi connectivity index (χ4n) is 3.52. The first-order valence-electron chi connectivity index (χ1n) is 12.0. The Labute approximate surface area is 221 Å². The summed E-state index contributed by atoms with van der Waals surface area (Å²) in [6, 6.07) is 12.1. The van der Waals surface area contributed by atoms with Crippen LogP contribution in [0.4, 0.5) is 4.79 Å². The Hall–Kier alpha value is -3.40. The fraction of sp³-hybridized carbons (Fsp3) is 0.423. The summed E-state index contributed by atoms with van der Waals surface area (Å²) in [7, 11) is -4.09. The van der Waals surface area contributed by atoms with Crippen molar-refractivity contribution in [1.82, 2.24) is 5.32 Å². The molecule has 11 nitrogen and oxygen atoms in total. The third-order valence-corrected chi connectivity index (χ3v) is 7.34. The fourth-order valence-corrected chi connectivity index (χ4v) is 4.99. The Morgan fingerprint density at radius 2 is 1.66 bits per heavy atom. The first-order valence-corrected chi connectivity index (χ1v) is 13.9. The van der Waals surface area contributed by atoms with Crippen LogP contribution in [0.15, 0.2) is 42.5 Å². The minimum absolute atomic E-state index is 0.0131. The second-order valence-corrected chi connectivity index (χ2v) is 10.9. The summed E-state index contributed by atoms with van der Waals surface area (Å²) in [4.78, 5) is 45.5. The SMILES string of the molecule is CCOC(=O)COc1c(C)cc([C@@H](O)P(=O)(O)CCCC(=O)OCNC(=O)OCc2ccccc2)cc1C. The lowest BCUT2D eigenvalue weighted by molar-refractivity contribution is -0.145. The van der Waals surface area contributed by atoms with Crippen LogP contribution in [0.2, 0.25) is 0 Å². The van der Waals surface area contributed by atoms with Crippen molar-refractivity contribution in [2.24, 2.45) is 0 Å². The molecule has 12 heteroatoms. The Morgan fingerprint density at radius 1 is 1.00 bits per heavy atom. The number of amides is 1. The predicted octanol–water partition coefficient (Wildman–Crippen LogP) is 3.71. The van der Waals surface area contributed by atoms with E-state index in [9.17, 15) is 28.9 Å². The van der Waals surface area contributed by atoms with Crippen LogP contribution in [0, 0.1) is 13.8 Å². The molecule has 0 aliphatic rings. The lowest BCUT2D eigenvalue weighted by Gasteiger charge is -2.21. The van der Waals surface area contributed by atoms with Crippen molar-refractivity contribution in [2.75, 3.05) is 26.1 Å². The van der Waals surface area contributed by atoms with Gasteiger partial charge in [-0.15, -0.1) is 0 Å². The second-order valence-electron chi connectivity index (χ2n) is 8.43. The molecule has 0 bridgehead atoms. The molecule has 0 aromatic heterocycles. The molecular formula is C26H34NO10P. The molecule has 2 atom stereocenters. The van der Waals surface area contributed by atoms with Crippen molar-refractivity contribution < 1.29 is 47.9 Å². The molecule has 0 radical (unpaired) electrons. The number of hydrogen-bond donors (Lipinski definition) is 3. The molecule has 1 amide bonds. The van der Waals surface area contributed by atoms with E-state index in [1.54, 1.807) is 32.9 Å². The van der Waals surface area contributed by atoms with Gasteiger partial charge in [0.1, 0.15) is 12.4 Å². The number of ether oxygens (including phenoxy) is 4. The average molecular weight is 552 g/mol. The van der Waals surface area contributed by atoms with Gasteiger partial charge in [-0.1, -0.05) is 30.3 Å². The van der Waals surface area contributed by atoms with Gasteiger partial charge in [-0.3, -0.25) is 14.7 Å². The zero-order chi connectivity index (χ0) is 28.1. The molecule has 2 aromatic carbocycles. The Kier molecular flexibility index (Phi) is 12.3. The maximum Gasteiger partial charge on any atom is 0.410 e. The van der Waals surface area contributed by atoms with Crippen LogP contribution < -0.4 is 10.1 Å². The number of rotatable bonds is 14. The smallest absolute Gasteiger partial charge is 0.410 e. The monoisotopic (exact) mass is 551 g/mol. The van der Waals surface area contributed by atoms with Gasteiger partial charge < -0.3 is 28.9 Å². The van der Waals surface area contributed by atoms with Gasteiger partial charge in [-0.2, -0.15) is 0 Å². The molecule has 2 rings (SSSR count).